The number of nitrogens with zero attached hydrogens (tertiary/aromatic N) is 5. The summed E-state index contributed by atoms with van der Waals surface area (Å²) in [5.74, 6) is 1.58. The molecule has 0 saturated carbocycles. The van der Waals surface area contributed by atoms with Gasteiger partial charge in [0.05, 0.1) is 23.4 Å². The van der Waals surface area contributed by atoms with E-state index in [-0.39, 0.29) is 11.3 Å². The Hall–Kier alpha value is -4.55. The van der Waals surface area contributed by atoms with E-state index in [9.17, 15) is 10.4 Å². The molecule has 0 bridgehead atoms. The molecule has 1 unspecified atom stereocenters. The van der Waals surface area contributed by atoms with Crippen LogP contribution in [-0.2, 0) is 0 Å². The van der Waals surface area contributed by atoms with Crippen molar-refractivity contribution in [3.05, 3.63) is 90.4 Å². The number of benzene rings is 3. The summed E-state index contributed by atoms with van der Waals surface area (Å²) in [4.78, 5) is 7.58. The number of nitrogens with one attached hydrogen (secondary N) is 1. The first-order valence-electron chi connectivity index (χ1n) is 11.2. The predicted molar refractivity (Wildman–Crippen MR) is 140 cm³/mol. The Bertz CT molecular complexity index is 1570. The van der Waals surface area contributed by atoms with E-state index in [1.54, 1.807) is 7.11 Å². The molecule has 0 saturated heterocycles. The quantitative estimate of drug-likeness (QED) is 0.167. The van der Waals surface area contributed by atoms with Crippen LogP contribution in [0.4, 0.5) is 0 Å². The molecule has 0 amide bonds. The minimum atomic E-state index is -0.502. The number of allylic oxidation sites excluding steroid dienone is 1. The molecule has 0 spiro atoms. The van der Waals surface area contributed by atoms with Crippen molar-refractivity contribution in [2.75, 3.05) is 7.11 Å². The van der Waals surface area contributed by atoms with E-state index in [0.717, 1.165) is 22.3 Å². The van der Waals surface area contributed by atoms with Gasteiger partial charge in [0, 0.05) is 11.3 Å². The van der Waals surface area contributed by atoms with Crippen LogP contribution in [0, 0.1) is 11.3 Å². The zero-order valence-electron chi connectivity index (χ0n) is 19.6. The molecule has 0 fully saturated rings. The maximum absolute atomic E-state index is 11.1. The lowest BCUT2D eigenvalue weighted by Crippen LogP contribution is -2.07. The molecule has 0 radical (unpaired) electrons. The van der Waals surface area contributed by atoms with Crippen LogP contribution in [-0.4, -0.2) is 42.2 Å². The summed E-state index contributed by atoms with van der Waals surface area (Å²) in [6, 6.07) is 26.9. The van der Waals surface area contributed by atoms with Gasteiger partial charge < -0.3 is 14.8 Å². The lowest BCUT2D eigenvalue weighted by molar-refractivity contribution is 0.401. The van der Waals surface area contributed by atoms with Gasteiger partial charge in [-0.15, -0.1) is 10.2 Å². The Morgan fingerprint density at radius 1 is 1.06 bits per heavy atom. The van der Waals surface area contributed by atoms with Crippen molar-refractivity contribution in [1.29, 1.82) is 5.26 Å². The standard InChI is InChI=1S/C27H22N6O2S/c1-17(24(34)21(16-28)25-29-22-13-6-7-14-23(22)30-25)36-27-32-31-26(18-9-8-12-20(15-18)35-2)33(27)19-10-4-3-5-11-19/h3-15,17,34H,1-2H3,(H,29,30)/b24-21-. The number of nitriles is 1. The summed E-state index contributed by atoms with van der Waals surface area (Å²) in [6.45, 7) is 1.81. The van der Waals surface area contributed by atoms with Gasteiger partial charge >= 0.3 is 0 Å². The number of H-pyrrole nitrogens is 1. The molecule has 2 aromatic heterocycles. The number of aromatic amines is 1. The second-order valence-electron chi connectivity index (χ2n) is 7.94. The number of aromatic nitrogens is 5. The predicted octanol–water partition coefficient (Wildman–Crippen LogP) is 5.79. The molecule has 9 heteroatoms. The molecule has 0 aliphatic rings. The van der Waals surface area contributed by atoms with Gasteiger partial charge in [0.25, 0.3) is 0 Å². The third-order valence-electron chi connectivity index (χ3n) is 5.64. The van der Waals surface area contributed by atoms with E-state index in [4.69, 9.17) is 4.74 Å². The highest BCUT2D eigenvalue weighted by Gasteiger charge is 2.23. The van der Waals surface area contributed by atoms with Crippen molar-refractivity contribution in [2.24, 2.45) is 0 Å². The number of rotatable bonds is 7. The zero-order chi connectivity index (χ0) is 25.1. The van der Waals surface area contributed by atoms with Crippen LogP contribution in [0.2, 0.25) is 0 Å². The Morgan fingerprint density at radius 2 is 1.83 bits per heavy atom. The van der Waals surface area contributed by atoms with E-state index in [1.165, 1.54) is 11.8 Å². The fourth-order valence-electron chi connectivity index (χ4n) is 3.83. The molecule has 36 heavy (non-hydrogen) atoms. The molecule has 3 aromatic carbocycles. The first kappa shape index (κ1) is 23.2. The molecule has 0 aliphatic heterocycles. The second-order valence-corrected chi connectivity index (χ2v) is 9.25. The van der Waals surface area contributed by atoms with E-state index in [1.807, 2.05) is 90.4 Å². The van der Waals surface area contributed by atoms with Gasteiger partial charge in [-0.2, -0.15) is 5.26 Å². The summed E-state index contributed by atoms with van der Waals surface area (Å²) >= 11 is 1.30. The van der Waals surface area contributed by atoms with E-state index in [0.29, 0.717) is 22.6 Å². The maximum Gasteiger partial charge on any atom is 0.196 e. The summed E-state index contributed by atoms with van der Waals surface area (Å²) in [6.07, 6.45) is 0. The number of para-hydroxylation sites is 3. The average Bonchev–Trinajstić information content (AvgIpc) is 3.54. The van der Waals surface area contributed by atoms with Crippen molar-refractivity contribution in [1.82, 2.24) is 24.7 Å². The summed E-state index contributed by atoms with van der Waals surface area (Å²) in [7, 11) is 1.62. The third-order valence-corrected chi connectivity index (χ3v) is 6.69. The SMILES string of the molecule is COc1cccc(-c2nnc(SC(C)/C(O)=C(\C#N)c3nc4ccccc4[nH]3)n2-c2ccccc2)c1. The fourth-order valence-corrected chi connectivity index (χ4v) is 4.76. The van der Waals surface area contributed by atoms with Crippen LogP contribution in [0.5, 0.6) is 5.75 Å². The monoisotopic (exact) mass is 494 g/mol. The molecule has 2 heterocycles. The first-order valence-corrected chi connectivity index (χ1v) is 12.1. The molecular formula is C27H22N6O2S. The van der Waals surface area contributed by atoms with Gasteiger partial charge in [0.15, 0.2) is 16.8 Å². The Balaban J connectivity index is 1.54. The number of fused-ring (bicyclic) bond motifs is 1. The average molecular weight is 495 g/mol. The number of hydrogen-bond acceptors (Lipinski definition) is 7. The van der Waals surface area contributed by atoms with Crippen molar-refractivity contribution < 1.29 is 9.84 Å². The Morgan fingerprint density at radius 3 is 2.58 bits per heavy atom. The van der Waals surface area contributed by atoms with Gasteiger partial charge in [-0.3, -0.25) is 4.57 Å². The molecule has 8 nitrogen and oxygen atoms in total. The Labute approximate surface area is 211 Å². The second kappa shape index (κ2) is 9.98. The zero-order valence-corrected chi connectivity index (χ0v) is 20.4. The topological polar surface area (TPSA) is 113 Å². The highest BCUT2D eigenvalue weighted by Crippen LogP contribution is 2.34. The highest BCUT2D eigenvalue weighted by molar-refractivity contribution is 8.00. The van der Waals surface area contributed by atoms with E-state index >= 15 is 0 Å². The summed E-state index contributed by atoms with van der Waals surface area (Å²) in [5, 5.41) is 29.9. The molecule has 1 atom stereocenters. The fraction of sp³-hybridized carbons (Fsp3) is 0.111. The number of methoxy groups -OCH3 is 1. The minimum Gasteiger partial charge on any atom is -0.510 e. The van der Waals surface area contributed by atoms with Crippen molar-refractivity contribution in [2.45, 2.75) is 17.3 Å². The molecular weight excluding hydrogens is 472 g/mol. The normalized spacial score (nSPS) is 12.7. The first-order chi connectivity index (χ1) is 17.6. The maximum atomic E-state index is 11.1. The lowest BCUT2D eigenvalue weighted by atomic mass is 10.2. The molecule has 0 aliphatic carbocycles. The highest BCUT2D eigenvalue weighted by atomic mass is 32.2. The number of hydrogen-bond donors (Lipinski definition) is 2. The van der Waals surface area contributed by atoms with Crippen molar-refractivity contribution in [3.63, 3.8) is 0 Å². The van der Waals surface area contributed by atoms with Crippen LogP contribution in [0.25, 0.3) is 33.7 Å². The van der Waals surface area contributed by atoms with Gasteiger partial charge in [-0.05, 0) is 43.3 Å². The number of aliphatic hydroxyl groups is 1. The van der Waals surface area contributed by atoms with E-state index in [2.05, 4.69) is 26.2 Å². The summed E-state index contributed by atoms with van der Waals surface area (Å²) in [5.41, 5.74) is 3.31. The molecule has 5 rings (SSSR count). The third kappa shape index (κ3) is 4.42. The van der Waals surface area contributed by atoms with Crippen molar-refractivity contribution in [3.8, 4) is 28.9 Å². The number of thioether (sulfide) groups is 1. The lowest BCUT2D eigenvalue weighted by Gasteiger charge is -2.14. The largest absolute Gasteiger partial charge is 0.510 e. The van der Waals surface area contributed by atoms with Gasteiger partial charge in [-0.25, -0.2) is 4.98 Å². The van der Waals surface area contributed by atoms with Crippen LogP contribution in [0.1, 0.15) is 12.7 Å². The van der Waals surface area contributed by atoms with Gasteiger partial charge in [-0.1, -0.05) is 54.2 Å². The van der Waals surface area contributed by atoms with Gasteiger partial charge in [0.1, 0.15) is 23.2 Å². The number of aliphatic hydroxyl groups excluding tert-OH is 1. The van der Waals surface area contributed by atoms with Crippen LogP contribution >= 0.6 is 11.8 Å². The van der Waals surface area contributed by atoms with Crippen LogP contribution in [0.15, 0.2) is 89.8 Å². The molecule has 178 valence electrons. The van der Waals surface area contributed by atoms with E-state index < -0.39 is 5.25 Å². The molecule has 5 aromatic rings. The minimum absolute atomic E-state index is 0.0880. The van der Waals surface area contributed by atoms with Crippen LogP contribution < -0.4 is 4.74 Å². The summed E-state index contributed by atoms with van der Waals surface area (Å²) < 4.78 is 7.31. The number of imidazole rings is 1. The smallest absolute Gasteiger partial charge is 0.196 e. The van der Waals surface area contributed by atoms with Gasteiger partial charge in [0.2, 0.25) is 0 Å². The van der Waals surface area contributed by atoms with Crippen molar-refractivity contribution >= 4 is 28.4 Å². The number of ether oxygens (including phenoxy) is 1. The van der Waals surface area contributed by atoms with Crippen LogP contribution in [0.3, 0.4) is 0 Å². The molecule has 2 N–H and O–H groups in total. The Kier molecular flexibility index (Phi) is 6.43.